The highest BCUT2D eigenvalue weighted by atomic mass is 35.5. The molecule has 2 aromatic carbocycles. The fraction of sp³-hybridized carbons (Fsp3) is 0.316. The van der Waals surface area contributed by atoms with Crippen LogP contribution in [0.15, 0.2) is 24.3 Å². The summed E-state index contributed by atoms with van der Waals surface area (Å²) in [6, 6.07) is 6.53. The van der Waals surface area contributed by atoms with Gasteiger partial charge in [0.15, 0.2) is 11.4 Å². The second-order valence-corrected chi connectivity index (χ2v) is 9.62. The predicted octanol–water partition coefficient (Wildman–Crippen LogP) is 7.09. The number of hydrogen-bond donors (Lipinski definition) is 0. The lowest BCUT2D eigenvalue weighted by Gasteiger charge is -2.25. The third-order valence-electron chi connectivity index (χ3n) is 4.27. The van der Waals surface area contributed by atoms with E-state index in [-0.39, 0.29) is 12.1 Å². The molecule has 0 spiro atoms. The van der Waals surface area contributed by atoms with Gasteiger partial charge in [0.2, 0.25) is 0 Å². The fourth-order valence-electron chi connectivity index (χ4n) is 3.19. The molecule has 0 bridgehead atoms. The quantitative estimate of drug-likeness (QED) is 0.332. The lowest BCUT2D eigenvalue weighted by atomic mass is 10.2. The van der Waals surface area contributed by atoms with Gasteiger partial charge < -0.3 is 0 Å². The Labute approximate surface area is 205 Å². The monoisotopic (exact) mass is 526 g/mol. The summed E-state index contributed by atoms with van der Waals surface area (Å²) < 4.78 is 1.56. The first-order chi connectivity index (χ1) is 14.0. The molecule has 3 aromatic rings. The average Bonchev–Trinajstić information content (AvgIpc) is 2.96. The van der Waals surface area contributed by atoms with Crippen LogP contribution in [0.25, 0.3) is 11.4 Å². The molecule has 0 unspecified atom stereocenters. The molecular weight excluding hydrogens is 511 g/mol. The minimum absolute atomic E-state index is 0.0995. The molecule has 0 aliphatic carbocycles. The summed E-state index contributed by atoms with van der Waals surface area (Å²) in [6.07, 6.45) is 0. The first-order valence-corrected chi connectivity index (χ1v) is 11.3. The van der Waals surface area contributed by atoms with Gasteiger partial charge in [0.05, 0.1) is 37.3 Å². The number of rotatable bonds is 5. The van der Waals surface area contributed by atoms with E-state index in [4.69, 9.17) is 69.6 Å². The highest BCUT2D eigenvalue weighted by Gasteiger charge is 2.34. The zero-order chi connectivity index (χ0) is 22.3. The van der Waals surface area contributed by atoms with Crippen LogP contribution in [0.2, 0.25) is 30.1 Å². The minimum atomic E-state index is 0.0995. The summed E-state index contributed by atoms with van der Waals surface area (Å²) >= 11 is 37.9. The second kappa shape index (κ2) is 9.27. The molecule has 0 aliphatic rings. The zero-order valence-electron chi connectivity index (χ0n) is 16.5. The Hall–Kier alpha value is -0.950. The number of halogens is 6. The van der Waals surface area contributed by atoms with Crippen molar-refractivity contribution in [2.45, 2.75) is 39.8 Å². The normalized spacial score (nSPS) is 11.6. The molecule has 30 heavy (non-hydrogen) atoms. The van der Waals surface area contributed by atoms with Gasteiger partial charge in [-0.3, -0.25) is 4.90 Å². The molecule has 11 heteroatoms. The Balaban J connectivity index is 2.35. The maximum Gasteiger partial charge on any atom is 0.406 e. The fourth-order valence-corrected chi connectivity index (χ4v) is 5.14. The molecule has 0 fully saturated rings. The third-order valence-corrected chi connectivity index (χ3v) is 5.86. The Morgan fingerprint density at radius 3 is 1.63 bits per heavy atom. The molecule has 1 heterocycles. The Kier molecular flexibility index (Phi) is 7.33. The van der Waals surface area contributed by atoms with Gasteiger partial charge in [-0.05, 0) is 56.8 Å². The third kappa shape index (κ3) is 4.62. The summed E-state index contributed by atoms with van der Waals surface area (Å²) in [7, 11) is 0. The van der Waals surface area contributed by atoms with Crippen molar-refractivity contribution >= 4 is 75.6 Å². The van der Waals surface area contributed by atoms with Crippen molar-refractivity contribution in [2.75, 3.05) is 4.90 Å². The lowest BCUT2D eigenvalue weighted by molar-refractivity contribution is -0.649. The van der Waals surface area contributed by atoms with Gasteiger partial charge in [-0.25, -0.2) is 0 Å². The number of aromatic nitrogens is 4. The van der Waals surface area contributed by atoms with E-state index in [0.29, 0.717) is 47.5 Å². The molecule has 3 rings (SSSR count). The Morgan fingerprint density at radius 2 is 1.20 bits per heavy atom. The van der Waals surface area contributed by atoms with Crippen LogP contribution in [-0.4, -0.2) is 27.2 Å². The molecule has 0 aliphatic heterocycles. The predicted molar refractivity (Wildman–Crippen MR) is 126 cm³/mol. The zero-order valence-corrected chi connectivity index (χ0v) is 21.0. The number of nitrogens with zero attached hydrogens (tertiary/aromatic N) is 5. The smallest absolute Gasteiger partial charge is 0.273 e. The van der Waals surface area contributed by atoms with Crippen LogP contribution in [0.5, 0.6) is 0 Å². The van der Waals surface area contributed by atoms with E-state index in [1.54, 1.807) is 28.9 Å². The van der Waals surface area contributed by atoms with E-state index in [0.717, 1.165) is 0 Å². The van der Waals surface area contributed by atoms with E-state index in [9.17, 15) is 0 Å². The van der Waals surface area contributed by atoms with Crippen LogP contribution >= 0.6 is 69.6 Å². The van der Waals surface area contributed by atoms with Crippen LogP contribution in [-0.2, 0) is 0 Å². The lowest BCUT2D eigenvalue weighted by Crippen LogP contribution is -2.47. The van der Waals surface area contributed by atoms with Crippen LogP contribution in [0, 0.1) is 0 Å². The van der Waals surface area contributed by atoms with Crippen LogP contribution in [0.1, 0.15) is 27.7 Å². The Morgan fingerprint density at radius 1 is 0.767 bits per heavy atom. The average molecular weight is 529 g/mol. The largest absolute Gasteiger partial charge is 0.406 e. The number of benzene rings is 2. The summed E-state index contributed by atoms with van der Waals surface area (Å²) in [5, 5.41) is 11.4. The molecule has 160 valence electrons. The van der Waals surface area contributed by atoms with E-state index in [1.807, 2.05) is 0 Å². The second-order valence-electron chi connectivity index (χ2n) is 7.12. The van der Waals surface area contributed by atoms with Gasteiger partial charge in [-0.15, -0.1) is 0 Å². The molecule has 1 aromatic heterocycles. The van der Waals surface area contributed by atoms with Crippen LogP contribution in [0.4, 0.5) is 5.95 Å². The van der Waals surface area contributed by atoms with Gasteiger partial charge in [0, 0.05) is 15.3 Å². The minimum Gasteiger partial charge on any atom is -0.273 e. The van der Waals surface area contributed by atoms with Gasteiger partial charge in [0.1, 0.15) is 0 Å². The summed E-state index contributed by atoms with van der Waals surface area (Å²) in [5.41, 5.74) is 0.827. The van der Waals surface area contributed by atoms with E-state index < -0.39 is 0 Å². The first-order valence-electron chi connectivity index (χ1n) is 8.99. The van der Waals surface area contributed by atoms with Gasteiger partial charge in [-0.2, -0.15) is 0 Å². The van der Waals surface area contributed by atoms with Gasteiger partial charge in [0.25, 0.3) is 0 Å². The maximum absolute atomic E-state index is 6.49. The van der Waals surface area contributed by atoms with Crippen LogP contribution < -0.4 is 9.58 Å². The maximum atomic E-state index is 6.49. The van der Waals surface area contributed by atoms with Crippen molar-refractivity contribution in [2.24, 2.45) is 0 Å². The molecular formula is C19H18Cl6N5+. The van der Waals surface area contributed by atoms with E-state index >= 15 is 0 Å². The topological polar surface area (TPSA) is 37.8 Å². The molecule has 0 amide bonds. The first kappa shape index (κ1) is 23.7. The SMILES string of the molecule is CC(C)N(c1nn(-c2c(Cl)cc(Cl)cc2Cl)n[n+]1-c1c(Cl)cc(Cl)cc1Cl)C(C)C. The standard InChI is InChI=1S/C19H18Cl6N5/c1-9(2)28(10(3)4)19-26-30(18-15(24)7-12(21)8-16(18)25)27-29(19)17-13(22)5-11(20)6-14(17)23/h5-10H,1-4H3/q+1. The molecule has 0 N–H and O–H groups in total. The molecule has 0 atom stereocenters. The highest BCUT2D eigenvalue weighted by molar-refractivity contribution is 6.41. The molecule has 0 saturated carbocycles. The van der Waals surface area contributed by atoms with Gasteiger partial charge >= 0.3 is 5.95 Å². The molecule has 0 radical (unpaired) electrons. The van der Waals surface area contributed by atoms with Crippen molar-refractivity contribution in [3.63, 3.8) is 0 Å². The van der Waals surface area contributed by atoms with Crippen molar-refractivity contribution < 1.29 is 4.68 Å². The Bertz CT molecular complexity index is 1040. The summed E-state index contributed by atoms with van der Waals surface area (Å²) in [4.78, 5) is 3.41. The number of tetrazole rings is 1. The highest BCUT2D eigenvalue weighted by Crippen LogP contribution is 2.33. The van der Waals surface area contributed by atoms with Crippen LogP contribution in [0.3, 0.4) is 0 Å². The van der Waals surface area contributed by atoms with E-state index in [1.165, 1.54) is 4.80 Å². The van der Waals surface area contributed by atoms with Crippen molar-refractivity contribution in [1.29, 1.82) is 0 Å². The number of hydrogen-bond acceptors (Lipinski definition) is 3. The summed E-state index contributed by atoms with van der Waals surface area (Å²) in [6.45, 7) is 8.21. The summed E-state index contributed by atoms with van der Waals surface area (Å²) in [5.74, 6) is 0.508. The van der Waals surface area contributed by atoms with E-state index in [2.05, 4.69) is 42.9 Å². The van der Waals surface area contributed by atoms with Crippen molar-refractivity contribution in [1.82, 2.24) is 15.1 Å². The number of anilines is 1. The molecule has 5 nitrogen and oxygen atoms in total. The van der Waals surface area contributed by atoms with Crippen molar-refractivity contribution in [3.8, 4) is 11.4 Å². The van der Waals surface area contributed by atoms with Crippen molar-refractivity contribution in [3.05, 3.63) is 54.4 Å². The van der Waals surface area contributed by atoms with Gasteiger partial charge in [-0.1, -0.05) is 74.3 Å². The molecule has 0 saturated heterocycles.